The van der Waals surface area contributed by atoms with Crippen LogP contribution in [0.3, 0.4) is 0 Å². The molecule has 0 bridgehead atoms. The van der Waals surface area contributed by atoms with Crippen LogP contribution in [-0.4, -0.2) is 45.2 Å². The number of aliphatic hydroxyl groups excluding tert-OH is 1. The highest BCUT2D eigenvalue weighted by atomic mass is 35.5. The first-order chi connectivity index (χ1) is 13.7. The Morgan fingerprint density at radius 2 is 1.72 bits per heavy atom. The van der Waals surface area contributed by atoms with Gasteiger partial charge in [-0.2, -0.15) is 4.72 Å². The van der Waals surface area contributed by atoms with E-state index in [9.17, 15) is 23.1 Å². The third kappa shape index (κ3) is 6.82. The normalized spacial score (nSPS) is 12.2. The Morgan fingerprint density at radius 1 is 1.10 bits per heavy atom. The topological polar surface area (TPSA) is 122 Å². The van der Waals surface area contributed by atoms with Gasteiger partial charge < -0.3 is 15.2 Å². The van der Waals surface area contributed by atoms with E-state index in [1.165, 1.54) is 31.4 Å². The minimum absolute atomic E-state index is 0.0805. The number of halogens is 1. The van der Waals surface area contributed by atoms with E-state index in [-0.39, 0.29) is 17.3 Å². The van der Waals surface area contributed by atoms with Gasteiger partial charge in [0.05, 0.1) is 18.6 Å². The van der Waals surface area contributed by atoms with Crippen molar-refractivity contribution in [1.82, 2.24) is 4.72 Å². The van der Waals surface area contributed by atoms with Gasteiger partial charge in [-0.25, -0.2) is 8.42 Å². The van der Waals surface area contributed by atoms with Crippen LogP contribution in [0.25, 0.3) is 0 Å². The number of hydrogen-bond acceptors (Lipinski definition) is 6. The summed E-state index contributed by atoms with van der Waals surface area (Å²) in [5, 5.41) is 12.4. The van der Waals surface area contributed by atoms with Crippen LogP contribution in [0, 0.1) is 0 Å². The van der Waals surface area contributed by atoms with Crippen molar-refractivity contribution in [3.05, 3.63) is 59.1 Å². The van der Waals surface area contributed by atoms with Gasteiger partial charge in [-0.15, -0.1) is 0 Å². The van der Waals surface area contributed by atoms with Crippen LogP contribution in [0.4, 0.5) is 5.69 Å². The molecule has 156 valence electrons. The summed E-state index contributed by atoms with van der Waals surface area (Å²) in [5.74, 6) is -1.03. The standard InChI is InChI=1S/C19H21ClN2O6S/c1-28-18(24)11-4-13-2-7-15(8-3-13)21-19(25)17(12-23)22-29(26,27)16-9-5-14(20)6-10-16/h2-3,5-10,17,22-23H,4,11-12H2,1H3,(H,21,25)/t17-/m0/s1. The summed E-state index contributed by atoms with van der Waals surface area (Å²) in [7, 11) is -2.70. The average molecular weight is 441 g/mol. The summed E-state index contributed by atoms with van der Waals surface area (Å²) in [6, 6.07) is 10.7. The predicted octanol–water partition coefficient (Wildman–Crippen LogP) is 1.72. The van der Waals surface area contributed by atoms with E-state index in [1.54, 1.807) is 24.3 Å². The Labute approximate surface area is 173 Å². The number of aliphatic hydroxyl groups is 1. The molecule has 3 N–H and O–H groups in total. The first kappa shape index (κ1) is 22.8. The minimum atomic E-state index is -4.02. The smallest absolute Gasteiger partial charge is 0.305 e. The number of hydrogen-bond donors (Lipinski definition) is 3. The molecule has 0 aliphatic heterocycles. The molecule has 0 spiro atoms. The Hall–Kier alpha value is -2.46. The molecule has 2 rings (SSSR count). The van der Waals surface area contributed by atoms with Gasteiger partial charge in [0, 0.05) is 17.1 Å². The summed E-state index contributed by atoms with van der Waals surface area (Å²) in [4.78, 5) is 23.5. The van der Waals surface area contributed by atoms with Gasteiger partial charge in [0.15, 0.2) is 0 Å². The average Bonchev–Trinajstić information content (AvgIpc) is 2.71. The van der Waals surface area contributed by atoms with E-state index in [2.05, 4.69) is 14.8 Å². The van der Waals surface area contributed by atoms with Crippen LogP contribution in [0.5, 0.6) is 0 Å². The number of methoxy groups -OCH3 is 1. The Kier molecular flexibility index (Phi) is 8.15. The van der Waals surface area contributed by atoms with Crippen molar-refractivity contribution >= 4 is 39.2 Å². The molecule has 1 amide bonds. The van der Waals surface area contributed by atoms with Gasteiger partial charge in [-0.05, 0) is 48.4 Å². The van der Waals surface area contributed by atoms with Gasteiger partial charge >= 0.3 is 5.97 Å². The van der Waals surface area contributed by atoms with Crippen LogP contribution in [0.2, 0.25) is 5.02 Å². The van der Waals surface area contributed by atoms with Crippen molar-refractivity contribution in [1.29, 1.82) is 0 Å². The lowest BCUT2D eigenvalue weighted by atomic mass is 10.1. The third-order valence-corrected chi connectivity index (χ3v) is 5.73. The largest absolute Gasteiger partial charge is 0.469 e. The number of rotatable bonds is 9. The molecule has 1 atom stereocenters. The zero-order valence-corrected chi connectivity index (χ0v) is 17.2. The lowest BCUT2D eigenvalue weighted by Gasteiger charge is -2.16. The number of benzene rings is 2. The number of amides is 1. The second-order valence-corrected chi connectivity index (χ2v) is 8.22. The Bertz CT molecular complexity index is 946. The molecule has 0 heterocycles. The molecule has 0 fully saturated rings. The van der Waals surface area contributed by atoms with E-state index in [0.29, 0.717) is 17.1 Å². The number of aryl methyl sites for hydroxylation is 1. The van der Waals surface area contributed by atoms with Crippen LogP contribution < -0.4 is 10.0 Å². The highest BCUT2D eigenvalue weighted by Gasteiger charge is 2.25. The van der Waals surface area contributed by atoms with Gasteiger partial charge in [0.25, 0.3) is 0 Å². The minimum Gasteiger partial charge on any atom is -0.469 e. The van der Waals surface area contributed by atoms with Crippen molar-refractivity contribution < 1.29 is 27.9 Å². The number of nitrogens with one attached hydrogen (secondary N) is 2. The lowest BCUT2D eigenvalue weighted by molar-refractivity contribution is -0.140. The van der Waals surface area contributed by atoms with E-state index >= 15 is 0 Å². The highest BCUT2D eigenvalue weighted by molar-refractivity contribution is 7.89. The maximum atomic E-state index is 12.4. The molecule has 0 aromatic heterocycles. The Balaban J connectivity index is 2.00. The fourth-order valence-corrected chi connectivity index (χ4v) is 3.69. The molecule has 8 nitrogen and oxygen atoms in total. The van der Waals surface area contributed by atoms with Gasteiger partial charge in [0.2, 0.25) is 15.9 Å². The number of ether oxygens (including phenoxy) is 1. The van der Waals surface area contributed by atoms with Crippen molar-refractivity contribution in [2.24, 2.45) is 0 Å². The Morgan fingerprint density at radius 3 is 2.28 bits per heavy atom. The number of carbonyl (C=O) groups is 2. The van der Waals surface area contributed by atoms with Gasteiger partial charge in [-0.1, -0.05) is 23.7 Å². The second kappa shape index (κ2) is 10.4. The molecular weight excluding hydrogens is 420 g/mol. The van der Waals surface area contributed by atoms with Crippen molar-refractivity contribution in [3.8, 4) is 0 Å². The molecule has 10 heteroatoms. The molecule has 0 saturated carbocycles. The maximum Gasteiger partial charge on any atom is 0.305 e. The van der Waals surface area contributed by atoms with Crippen LogP contribution in [0.1, 0.15) is 12.0 Å². The molecule has 2 aromatic rings. The van der Waals surface area contributed by atoms with Crippen LogP contribution in [0.15, 0.2) is 53.4 Å². The van der Waals surface area contributed by atoms with Crippen LogP contribution >= 0.6 is 11.6 Å². The summed E-state index contributed by atoms with van der Waals surface area (Å²) in [6.45, 7) is -0.726. The second-order valence-electron chi connectivity index (χ2n) is 6.07. The number of esters is 1. The monoisotopic (exact) mass is 440 g/mol. The zero-order chi connectivity index (χ0) is 21.4. The SMILES string of the molecule is COC(=O)CCc1ccc(NC(=O)[C@H](CO)NS(=O)(=O)c2ccc(Cl)cc2)cc1. The van der Waals surface area contributed by atoms with E-state index < -0.39 is 28.6 Å². The lowest BCUT2D eigenvalue weighted by Crippen LogP contribution is -2.46. The van der Waals surface area contributed by atoms with Crippen molar-refractivity contribution in [3.63, 3.8) is 0 Å². The van der Waals surface area contributed by atoms with Crippen LogP contribution in [-0.2, 0) is 30.8 Å². The molecule has 0 saturated heterocycles. The predicted molar refractivity (Wildman–Crippen MR) is 108 cm³/mol. The van der Waals surface area contributed by atoms with Crippen molar-refractivity contribution in [2.75, 3.05) is 19.0 Å². The number of carbonyl (C=O) groups excluding carboxylic acids is 2. The summed E-state index contributed by atoms with van der Waals surface area (Å²) < 4.78 is 31.5. The summed E-state index contributed by atoms with van der Waals surface area (Å²) in [5.41, 5.74) is 1.29. The first-order valence-electron chi connectivity index (χ1n) is 8.60. The van der Waals surface area contributed by atoms with Gasteiger partial charge in [-0.3, -0.25) is 9.59 Å². The number of sulfonamides is 1. The fraction of sp³-hybridized carbons (Fsp3) is 0.263. The third-order valence-electron chi connectivity index (χ3n) is 3.99. The molecule has 29 heavy (non-hydrogen) atoms. The molecule has 2 aromatic carbocycles. The van der Waals surface area contributed by atoms with E-state index in [1.807, 2.05) is 0 Å². The maximum absolute atomic E-state index is 12.4. The van der Waals surface area contributed by atoms with Crippen molar-refractivity contribution in [2.45, 2.75) is 23.8 Å². The molecule has 0 aliphatic carbocycles. The van der Waals surface area contributed by atoms with E-state index in [4.69, 9.17) is 11.6 Å². The summed E-state index contributed by atoms with van der Waals surface area (Å²) >= 11 is 5.75. The molecule has 0 radical (unpaired) electrons. The first-order valence-corrected chi connectivity index (χ1v) is 10.5. The molecule has 0 aliphatic rings. The van der Waals surface area contributed by atoms with Gasteiger partial charge in [0.1, 0.15) is 6.04 Å². The number of anilines is 1. The fourth-order valence-electron chi connectivity index (χ4n) is 2.38. The summed E-state index contributed by atoms with van der Waals surface area (Å²) in [6.07, 6.45) is 0.725. The quantitative estimate of drug-likeness (QED) is 0.510. The molecular formula is C19H21ClN2O6S. The van der Waals surface area contributed by atoms with E-state index in [0.717, 1.165) is 5.56 Å². The molecule has 0 unspecified atom stereocenters. The highest BCUT2D eigenvalue weighted by Crippen LogP contribution is 2.15. The zero-order valence-electron chi connectivity index (χ0n) is 15.6.